The summed E-state index contributed by atoms with van der Waals surface area (Å²) in [4.78, 5) is 16.7. The Labute approximate surface area is 184 Å². The van der Waals surface area contributed by atoms with Crippen molar-refractivity contribution in [1.82, 2.24) is 9.38 Å². The number of Topliss-reactive ketones (excluding diaryl/α,β-unsaturated/α-hetero) is 1. The minimum absolute atomic E-state index is 0.0993. The van der Waals surface area contributed by atoms with E-state index in [-0.39, 0.29) is 18.9 Å². The van der Waals surface area contributed by atoms with Gasteiger partial charge in [-0.25, -0.2) is 4.98 Å². The molecule has 0 saturated heterocycles. The molecule has 0 saturated carbocycles. The van der Waals surface area contributed by atoms with Crippen LogP contribution in [-0.2, 0) is 0 Å². The van der Waals surface area contributed by atoms with Gasteiger partial charge in [-0.15, -0.1) is 0 Å². The number of imidazole rings is 1. The van der Waals surface area contributed by atoms with Gasteiger partial charge in [0.05, 0.1) is 30.6 Å². The zero-order chi connectivity index (χ0) is 23.3. The Morgan fingerprint density at radius 3 is 2.72 bits per heavy atom. The smallest absolute Gasteiger partial charge is 0.390 e. The minimum Gasteiger partial charge on any atom is -0.392 e. The first-order chi connectivity index (χ1) is 15.2. The number of anilines is 1. The van der Waals surface area contributed by atoms with E-state index in [0.717, 1.165) is 23.2 Å². The number of nitrogens with zero attached hydrogens (tertiary/aromatic N) is 2. The molecule has 2 heterocycles. The molecule has 3 rings (SSSR count). The van der Waals surface area contributed by atoms with Crippen LogP contribution >= 0.6 is 0 Å². The molecule has 0 radical (unpaired) electrons. The molecule has 0 bridgehead atoms. The van der Waals surface area contributed by atoms with Crippen molar-refractivity contribution in [2.75, 3.05) is 18.5 Å². The standard InChI is InChI=1S/C24H26F3N3O2/c1-3-5-22(32)19-8-7-18(12-16(19)2)21-14-29-23-20(28-10-9-24(25,26)27)13-17(6-4-11-31)15-30(21)23/h4,6-8,12-15,28,31H,3,5,9-11H2,1-2H3/b6-4-. The van der Waals surface area contributed by atoms with Crippen molar-refractivity contribution in [3.63, 3.8) is 0 Å². The molecule has 3 aromatic rings. The van der Waals surface area contributed by atoms with Crippen LogP contribution in [0.1, 0.15) is 47.7 Å². The van der Waals surface area contributed by atoms with E-state index in [0.29, 0.717) is 28.9 Å². The van der Waals surface area contributed by atoms with Crippen LogP contribution in [0.15, 0.2) is 42.7 Å². The lowest BCUT2D eigenvalue weighted by Crippen LogP contribution is -2.15. The molecule has 5 nitrogen and oxygen atoms in total. The number of ketones is 1. The maximum atomic E-state index is 12.6. The van der Waals surface area contributed by atoms with Crippen LogP contribution in [0.2, 0.25) is 0 Å². The number of alkyl halides is 3. The third-order valence-electron chi connectivity index (χ3n) is 5.07. The van der Waals surface area contributed by atoms with Crippen molar-refractivity contribution in [2.45, 2.75) is 39.3 Å². The number of carbonyl (C=O) groups is 1. The maximum Gasteiger partial charge on any atom is 0.390 e. The SMILES string of the molecule is CCCC(=O)c1ccc(-c2cnc3c(NCCC(F)(F)F)cc(/C=C\CO)cn23)cc1C. The average molecular weight is 445 g/mol. The van der Waals surface area contributed by atoms with Crippen molar-refractivity contribution in [3.05, 3.63) is 59.4 Å². The topological polar surface area (TPSA) is 66.6 Å². The molecule has 0 atom stereocenters. The molecule has 0 aliphatic heterocycles. The summed E-state index contributed by atoms with van der Waals surface area (Å²) >= 11 is 0. The molecule has 0 fully saturated rings. The second-order valence-electron chi connectivity index (χ2n) is 7.60. The van der Waals surface area contributed by atoms with Gasteiger partial charge < -0.3 is 10.4 Å². The van der Waals surface area contributed by atoms with Gasteiger partial charge in [0, 0.05) is 30.3 Å². The Balaban J connectivity index is 2.03. The number of aromatic nitrogens is 2. The Hall–Kier alpha value is -3.13. The largest absolute Gasteiger partial charge is 0.392 e. The van der Waals surface area contributed by atoms with Gasteiger partial charge in [-0.3, -0.25) is 9.20 Å². The van der Waals surface area contributed by atoms with E-state index in [9.17, 15) is 18.0 Å². The highest BCUT2D eigenvalue weighted by Crippen LogP contribution is 2.29. The molecule has 0 amide bonds. The Morgan fingerprint density at radius 1 is 1.28 bits per heavy atom. The first kappa shape index (κ1) is 23.5. The lowest BCUT2D eigenvalue weighted by atomic mass is 9.98. The predicted octanol–water partition coefficient (Wildman–Crippen LogP) is 5.66. The summed E-state index contributed by atoms with van der Waals surface area (Å²) in [6.45, 7) is 3.41. The number of aryl methyl sites for hydroxylation is 1. The van der Waals surface area contributed by atoms with E-state index in [2.05, 4.69) is 10.3 Å². The average Bonchev–Trinajstić information content (AvgIpc) is 3.15. The normalized spacial score (nSPS) is 12.1. The van der Waals surface area contributed by atoms with Crippen LogP contribution in [0.4, 0.5) is 18.9 Å². The fraction of sp³-hybridized carbons (Fsp3) is 0.333. The van der Waals surface area contributed by atoms with Crippen molar-refractivity contribution in [3.8, 4) is 11.3 Å². The first-order valence-electron chi connectivity index (χ1n) is 10.5. The number of aliphatic hydroxyl groups is 1. The van der Waals surface area contributed by atoms with Gasteiger partial charge in [0.1, 0.15) is 0 Å². The number of carbonyl (C=O) groups excluding carboxylic acids is 1. The van der Waals surface area contributed by atoms with Crippen LogP contribution < -0.4 is 5.32 Å². The fourth-order valence-electron chi connectivity index (χ4n) is 3.57. The van der Waals surface area contributed by atoms with Gasteiger partial charge >= 0.3 is 6.18 Å². The molecule has 170 valence electrons. The van der Waals surface area contributed by atoms with Gasteiger partial charge in [-0.05, 0) is 36.6 Å². The van der Waals surface area contributed by atoms with Crippen molar-refractivity contribution >= 4 is 23.2 Å². The number of hydrogen-bond acceptors (Lipinski definition) is 4. The third-order valence-corrected chi connectivity index (χ3v) is 5.07. The number of rotatable bonds is 9. The van der Waals surface area contributed by atoms with Gasteiger partial charge in [-0.2, -0.15) is 13.2 Å². The lowest BCUT2D eigenvalue weighted by molar-refractivity contribution is -0.131. The van der Waals surface area contributed by atoms with Gasteiger partial charge in [-0.1, -0.05) is 31.2 Å². The molecule has 0 spiro atoms. The Kier molecular flexibility index (Phi) is 7.35. The summed E-state index contributed by atoms with van der Waals surface area (Å²) < 4.78 is 39.6. The highest BCUT2D eigenvalue weighted by Gasteiger charge is 2.26. The molecule has 32 heavy (non-hydrogen) atoms. The zero-order valence-corrected chi connectivity index (χ0v) is 18.0. The second-order valence-corrected chi connectivity index (χ2v) is 7.60. The van der Waals surface area contributed by atoms with E-state index in [1.807, 2.05) is 32.2 Å². The number of fused-ring (bicyclic) bond motifs is 1. The summed E-state index contributed by atoms with van der Waals surface area (Å²) in [5.74, 6) is 0.0993. The summed E-state index contributed by atoms with van der Waals surface area (Å²) in [6.07, 6.45) is 2.76. The predicted molar refractivity (Wildman–Crippen MR) is 120 cm³/mol. The summed E-state index contributed by atoms with van der Waals surface area (Å²) in [5.41, 5.74) is 4.79. The summed E-state index contributed by atoms with van der Waals surface area (Å²) in [7, 11) is 0. The quantitative estimate of drug-likeness (QED) is 0.417. The molecule has 8 heteroatoms. The molecule has 2 aromatic heterocycles. The van der Waals surface area contributed by atoms with Crippen LogP contribution in [0.5, 0.6) is 0 Å². The molecule has 1 aromatic carbocycles. The molecule has 0 aliphatic carbocycles. The van der Waals surface area contributed by atoms with Crippen LogP contribution in [0, 0.1) is 6.92 Å². The second kappa shape index (κ2) is 9.99. The highest BCUT2D eigenvalue weighted by molar-refractivity contribution is 5.98. The van der Waals surface area contributed by atoms with Crippen molar-refractivity contribution in [2.24, 2.45) is 0 Å². The first-order valence-corrected chi connectivity index (χ1v) is 10.5. The maximum absolute atomic E-state index is 12.6. The number of pyridine rings is 1. The van der Waals surface area contributed by atoms with Crippen LogP contribution in [0.3, 0.4) is 0 Å². The third kappa shape index (κ3) is 5.56. The molecular weight excluding hydrogens is 419 g/mol. The van der Waals surface area contributed by atoms with E-state index < -0.39 is 12.6 Å². The molecule has 0 unspecified atom stereocenters. The van der Waals surface area contributed by atoms with E-state index >= 15 is 0 Å². The van der Waals surface area contributed by atoms with E-state index in [1.54, 1.807) is 34.9 Å². The summed E-state index contributed by atoms with van der Waals surface area (Å²) in [5, 5.41) is 11.9. The fourth-order valence-corrected chi connectivity index (χ4v) is 3.57. The van der Waals surface area contributed by atoms with Crippen molar-refractivity contribution < 1.29 is 23.1 Å². The van der Waals surface area contributed by atoms with Crippen LogP contribution in [0.25, 0.3) is 23.0 Å². The minimum atomic E-state index is -4.26. The van der Waals surface area contributed by atoms with Gasteiger partial charge in [0.15, 0.2) is 11.4 Å². The number of hydrogen-bond donors (Lipinski definition) is 2. The molecule has 2 N–H and O–H groups in total. The zero-order valence-electron chi connectivity index (χ0n) is 18.0. The molecule has 0 aliphatic rings. The number of benzene rings is 1. The van der Waals surface area contributed by atoms with Gasteiger partial charge in [0.2, 0.25) is 0 Å². The number of halogens is 3. The van der Waals surface area contributed by atoms with E-state index in [1.165, 1.54) is 0 Å². The van der Waals surface area contributed by atoms with Crippen molar-refractivity contribution in [1.29, 1.82) is 0 Å². The Morgan fingerprint density at radius 2 is 2.06 bits per heavy atom. The molecular formula is C24H26F3N3O2. The summed E-state index contributed by atoms with van der Waals surface area (Å²) in [6, 6.07) is 7.28. The number of aliphatic hydroxyl groups excluding tert-OH is 1. The van der Waals surface area contributed by atoms with Gasteiger partial charge in [0.25, 0.3) is 0 Å². The Bertz CT molecular complexity index is 1130. The van der Waals surface area contributed by atoms with E-state index in [4.69, 9.17) is 5.11 Å². The number of nitrogens with one attached hydrogen (secondary N) is 1. The highest BCUT2D eigenvalue weighted by atomic mass is 19.4. The van der Waals surface area contributed by atoms with Crippen LogP contribution in [-0.4, -0.2) is 39.6 Å². The monoisotopic (exact) mass is 445 g/mol. The lowest BCUT2D eigenvalue weighted by Gasteiger charge is -2.12.